The Morgan fingerprint density at radius 3 is 2.57 bits per heavy atom. The lowest BCUT2D eigenvalue weighted by Gasteiger charge is -2.45. The molecule has 1 heterocycles. The normalized spacial score (nSPS) is 38.5. The molecule has 1 N–H and O–H groups in total. The molecule has 0 radical (unpaired) electrons. The van der Waals surface area contributed by atoms with Gasteiger partial charge in [0, 0.05) is 36.8 Å². The lowest BCUT2D eigenvalue weighted by molar-refractivity contribution is -0.137. The first kappa shape index (κ1) is 11.9. The van der Waals surface area contributed by atoms with Gasteiger partial charge >= 0.3 is 0 Å². The molecule has 14 heavy (non-hydrogen) atoms. The molecule has 0 aromatic heterocycles. The maximum absolute atomic E-state index is 11.4. The summed E-state index contributed by atoms with van der Waals surface area (Å²) in [6.45, 7) is 5.71. The minimum Gasteiger partial charge on any atom is -0.396 e. The number of amides is 1. The van der Waals surface area contributed by atoms with Gasteiger partial charge in [-0.3, -0.25) is 4.79 Å². The van der Waals surface area contributed by atoms with Crippen molar-refractivity contribution in [2.45, 2.75) is 44.5 Å². The molecule has 4 atom stereocenters. The first-order chi connectivity index (χ1) is 6.49. The van der Waals surface area contributed by atoms with Crippen LogP contribution in [0, 0.1) is 5.92 Å². The van der Waals surface area contributed by atoms with Gasteiger partial charge in [0.15, 0.2) is 0 Å². The van der Waals surface area contributed by atoms with Crippen LogP contribution in [0.5, 0.6) is 0 Å². The summed E-state index contributed by atoms with van der Waals surface area (Å²) in [6, 6.07) is 0.316. The number of aliphatic hydroxyl groups excluding tert-OH is 1. The van der Waals surface area contributed by atoms with Crippen LogP contribution in [0.15, 0.2) is 0 Å². The summed E-state index contributed by atoms with van der Waals surface area (Å²) in [5, 5.41) is 9.43. The van der Waals surface area contributed by atoms with Crippen molar-refractivity contribution in [3.8, 4) is 0 Å². The Balaban J connectivity index is 2.82. The number of carbonyl (C=O) groups excluding carboxylic acids is 1. The van der Waals surface area contributed by atoms with Gasteiger partial charge < -0.3 is 10.0 Å². The standard InChI is InChI=1S/C10H19NO2S/c1-6-4-10(14)9(5-12)7(2)11(6)8(3)13/h6-7,9-10,12,14H,4-5H2,1-3H3. The van der Waals surface area contributed by atoms with Gasteiger partial charge in [-0.1, -0.05) is 0 Å². The van der Waals surface area contributed by atoms with Crippen LogP contribution in [-0.2, 0) is 4.79 Å². The van der Waals surface area contributed by atoms with Crippen molar-refractivity contribution in [3.63, 3.8) is 0 Å². The number of carbonyl (C=O) groups is 1. The predicted molar refractivity (Wildman–Crippen MR) is 59.4 cm³/mol. The maximum atomic E-state index is 11.4. The van der Waals surface area contributed by atoms with Crippen molar-refractivity contribution >= 4 is 18.5 Å². The molecule has 0 bridgehead atoms. The van der Waals surface area contributed by atoms with Crippen molar-refractivity contribution < 1.29 is 9.90 Å². The van der Waals surface area contributed by atoms with Gasteiger partial charge in [0.1, 0.15) is 0 Å². The van der Waals surface area contributed by atoms with Gasteiger partial charge in [-0.2, -0.15) is 12.6 Å². The molecule has 0 aromatic rings. The number of thiol groups is 1. The summed E-state index contributed by atoms with van der Waals surface area (Å²) in [6.07, 6.45) is 0.859. The van der Waals surface area contributed by atoms with Gasteiger partial charge in [-0.15, -0.1) is 0 Å². The SMILES string of the molecule is CC(=O)N1C(C)CC(S)C(CO)C1C. The van der Waals surface area contributed by atoms with Gasteiger partial charge in [0.05, 0.1) is 0 Å². The Morgan fingerprint density at radius 1 is 1.57 bits per heavy atom. The number of hydrogen-bond donors (Lipinski definition) is 2. The molecule has 0 saturated carbocycles. The van der Waals surface area contributed by atoms with Gasteiger partial charge in [0.2, 0.25) is 5.91 Å². The van der Waals surface area contributed by atoms with Crippen LogP contribution in [-0.4, -0.2) is 39.9 Å². The molecule has 82 valence electrons. The summed E-state index contributed by atoms with van der Waals surface area (Å²) < 4.78 is 0. The molecular formula is C10H19NO2S. The molecule has 0 spiro atoms. The van der Waals surface area contributed by atoms with Crippen molar-refractivity contribution in [1.29, 1.82) is 0 Å². The third kappa shape index (κ3) is 2.06. The van der Waals surface area contributed by atoms with E-state index in [0.717, 1.165) is 6.42 Å². The van der Waals surface area contributed by atoms with Crippen LogP contribution in [0.4, 0.5) is 0 Å². The summed E-state index contributed by atoms with van der Waals surface area (Å²) in [4.78, 5) is 13.3. The average Bonchev–Trinajstić information content (AvgIpc) is 2.02. The molecule has 3 nitrogen and oxygen atoms in total. The van der Waals surface area contributed by atoms with Crippen LogP contribution in [0.25, 0.3) is 0 Å². The second-order valence-electron chi connectivity index (χ2n) is 4.17. The van der Waals surface area contributed by atoms with E-state index >= 15 is 0 Å². The second-order valence-corrected chi connectivity index (χ2v) is 4.83. The second kappa shape index (κ2) is 4.53. The summed E-state index contributed by atoms with van der Waals surface area (Å²) in [5.41, 5.74) is 0. The zero-order valence-corrected chi connectivity index (χ0v) is 9.87. The number of rotatable bonds is 1. The molecule has 1 saturated heterocycles. The fourth-order valence-corrected chi connectivity index (χ4v) is 3.09. The first-order valence-electron chi connectivity index (χ1n) is 5.06. The smallest absolute Gasteiger partial charge is 0.219 e. The molecule has 0 aromatic carbocycles. The maximum Gasteiger partial charge on any atom is 0.219 e. The van der Waals surface area contributed by atoms with Gasteiger partial charge in [-0.05, 0) is 20.3 Å². The number of aliphatic hydroxyl groups is 1. The van der Waals surface area contributed by atoms with Gasteiger partial charge in [-0.25, -0.2) is 0 Å². The highest BCUT2D eigenvalue weighted by Crippen LogP contribution is 2.31. The van der Waals surface area contributed by atoms with Crippen molar-refractivity contribution in [2.24, 2.45) is 5.92 Å². The third-order valence-electron chi connectivity index (χ3n) is 3.18. The Morgan fingerprint density at radius 2 is 2.14 bits per heavy atom. The van der Waals surface area contributed by atoms with Crippen molar-refractivity contribution in [3.05, 3.63) is 0 Å². The van der Waals surface area contributed by atoms with E-state index in [1.807, 2.05) is 18.7 Å². The van der Waals surface area contributed by atoms with Crippen LogP contribution >= 0.6 is 12.6 Å². The molecule has 4 heteroatoms. The van der Waals surface area contributed by atoms with Crippen LogP contribution in [0.2, 0.25) is 0 Å². The van der Waals surface area contributed by atoms with E-state index in [2.05, 4.69) is 12.6 Å². The Hall–Kier alpha value is -0.220. The third-order valence-corrected chi connectivity index (χ3v) is 3.78. The van der Waals surface area contributed by atoms with E-state index < -0.39 is 0 Å². The highest BCUT2D eigenvalue weighted by atomic mass is 32.1. The zero-order valence-electron chi connectivity index (χ0n) is 8.97. The molecule has 1 aliphatic rings. The minimum absolute atomic E-state index is 0.0867. The fourth-order valence-electron chi connectivity index (χ4n) is 2.44. The minimum atomic E-state index is 0.0867. The monoisotopic (exact) mass is 217 g/mol. The molecule has 4 unspecified atom stereocenters. The van der Waals surface area contributed by atoms with Crippen molar-refractivity contribution in [1.82, 2.24) is 4.90 Å². The van der Waals surface area contributed by atoms with Crippen LogP contribution in [0.1, 0.15) is 27.2 Å². The molecule has 1 fully saturated rings. The predicted octanol–water partition coefficient (Wildman–Crippen LogP) is 0.922. The summed E-state index contributed by atoms with van der Waals surface area (Å²) >= 11 is 4.47. The first-order valence-corrected chi connectivity index (χ1v) is 5.58. The molecular weight excluding hydrogens is 198 g/mol. The Labute approximate surface area is 90.9 Å². The zero-order chi connectivity index (χ0) is 10.9. The van der Waals surface area contributed by atoms with E-state index in [4.69, 9.17) is 0 Å². The van der Waals surface area contributed by atoms with Crippen LogP contribution in [0.3, 0.4) is 0 Å². The molecule has 0 aliphatic carbocycles. The van der Waals surface area contributed by atoms with E-state index in [0.29, 0.717) is 0 Å². The lowest BCUT2D eigenvalue weighted by atomic mass is 9.86. The molecule has 1 rings (SSSR count). The lowest BCUT2D eigenvalue weighted by Crippen LogP contribution is -2.55. The number of hydrogen-bond acceptors (Lipinski definition) is 3. The summed E-state index contributed by atoms with van der Waals surface area (Å²) in [5.74, 6) is 0.183. The fraction of sp³-hybridized carbons (Fsp3) is 0.900. The van der Waals surface area contributed by atoms with E-state index in [9.17, 15) is 9.90 Å². The highest BCUT2D eigenvalue weighted by Gasteiger charge is 2.38. The van der Waals surface area contributed by atoms with E-state index in [-0.39, 0.29) is 35.8 Å². The summed E-state index contributed by atoms with van der Waals surface area (Å²) in [7, 11) is 0. The number of piperidine rings is 1. The quantitative estimate of drug-likeness (QED) is 0.641. The average molecular weight is 217 g/mol. The molecule has 1 amide bonds. The van der Waals surface area contributed by atoms with E-state index in [1.54, 1.807) is 6.92 Å². The molecule has 1 aliphatic heterocycles. The van der Waals surface area contributed by atoms with E-state index in [1.165, 1.54) is 0 Å². The van der Waals surface area contributed by atoms with Crippen LogP contribution < -0.4 is 0 Å². The largest absolute Gasteiger partial charge is 0.396 e. The Bertz CT molecular complexity index is 222. The van der Waals surface area contributed by atoms with Gasteiger partial charge in [0.25, 0.3) is 0 Å². The van der Waals surface area contributed by atoms with Crippen molar-refractivity contribution in [2.75, 3.05) is 6.61 Å². The topological polar surface area (TPSA) is 40.5 Å². The number of nitrogens with zero attached hydrogens (tertiary/aromatic N) is 1. The number of likely N-dealkylation sites (tertiary alicyclic amines) is 1. The highest BCUT2D eigenvalue weighted by molar-refractivity contribution is 7.81. The Kier molecular flexibility index (Phi) is 3.84.